The fourth-order valence-corrected chi connectivity index (χ4v) is 2.35. The molecule has 0 aromatic carbocycles. The summed E-state index contributed by atoms with van der Waals surface area (Å²) in [5, 5.41) is -13.5. The summed E-state index contributed by atoms with van der Waals surface area (Å²) in [5.41, 5.74) is 0. The van der Waals surface area contributed by atoms with E-state index in [1.54, 1.807) is 0 Å². The van der Waals surface area contributed by atoms with Crippen LogP contribution in [0.15, 0.2) is 24.5 Å². The molecule has 0 amide bonds. The van der Waals surface area contributed by atoms with Crippen LogP contribution in [0.25, 0.3) is 0 Å². The minimum Gasteiger partial charge on any atom is -0.378 e. The molecule has 0 bridgehead atoms. The highest BCUT2D eigenvalue weighted by molar-refractivity contribution is 7.88. The van der Waals surface area contributed by atoms with Crippen LogP contribution >= 0.6 is 0 Å². The Morgan fingerprint density at radius 1 is 1.05 bits per heavy atom. The minimum absolute atomic E-state index is 0.479. The lowest BCUT2D eigenvalue weighted by Crippen LogP contribution is -2.60. The second-order valence-electron chi connectivity index (χ2n) is 3.52. The monoisotopic (exact) mass is 378 g/mol. The minimum atomic E-state index is -7.06. The van der Waals surface area contributed by atoms with Gasteiger partial charge in [0.15, 0.2) is 0 Å². The number of hydrogen-bond acceptors (Lipinski definition) is 5. The molecule has 0 rings (SSSR count). The van der Waals surface area contributed by atoms with E-state index in [9.17, 15) is 43.2 Å². The third-order valence-corrected chi connectivity index (χ3v) is 4.26. The van der Waals surface area contributed by atoms with E-state index in [1.165, 1.54) is 0 Å². The van der Waals surface area contributed by atoms with Gasteiger partial charge in [0.2, 0.25) is 0 Å². The summed E-state index contributed by atoms with van der Waals surface area (Å²) >= 11 is 0. The molecule has 0 saturated carbocycles. The zero-order valence-electron chi connectivity index (χ0n) is 10.4. The Kier molecular flexibility index (Phi) is 5.40. The zero-order valence-corrected chi connectivity index (χ0v) is 12.1. The van der Waals surface area contributed by atoms with Gasteiger partial charge in [-0.05, 0) is 19.1 Å². The van der Waals surface area contributed by atoms with Crippen molar-refractivity contribution in [1.29, 1.82) is 0 Å². The van der Waals surface area contributed by atoms with Crippen molar-refractivity contribution >= 4 is 20.2 Å². The lowest BCUT2D eigenvalue weighted by molar-refractivity contribution is -0.247. The molecule has 0 radical (unpaired) electrons. The van der Waals surface area contributed by atoms with E-state index in [0.717, 1.165) is 6.92 Å². The van der Waals surface area contributed by atoms with Gasteiger partial charge in [0, 0.05) is 0 Å². The van der Waals surface area contributed by atoms with Gasteiger partial charge in [0.1, 0.15) is 5.76 Å². The molecule has 0 spiro atoms. The molecule has 130 valence electrons. The van der Waals surface area contributed by atoms with Gasteiger partial charge in [0.05, 0.1) is 0 Å². The molecule has 0 atom stereocenters. The predicted octanol–water partition coefficient (Wildman–Crippen LogP) is 2.13. The molecule has 6 nitrogen and oxygen atoms in total. The molecule has 0 heterocycles. The smallest absolute Gasteiger partial charge is 0.378 e. The Bertz CT molecular complexity index is 678. The maximum atomic E-state index is 13.3. The van der Waals surface area contributed by atoms with Crippen LogP contribution in [0.2, 0.25) is 0 Å². The summed E-state index contributed by atoms with van der Waals surface area (Å²) < 4.78 is 132. The van der Waals surface area contributed by atoms with Crippen molar-refractivity contribution in [1.82, 2.24) is 0 Å². The number of rotatable bonds is 7. The maximum Gasteiger partial charge on any atom is 0.450 e. The standard InChI is InChI=1S/C8H8F6O6S2/c1-3-5(4-2)20-22(18,19)8(13,14)6(9,10)7(11,12)21(15,16)17/h3-4H,1H2,2H3,(H,15,16,17)/b5-4+. The zero-order chi connectivity index (χ0) is 18.2. The van der Waals surface area contributed by atoms with Crippen LogP contribution in [0.5, 0.6) is 0 Å². The van der Waals surface area contributed by atoms with Gasteiger partial charge in [-0.1, -0.05) is 6.58 Å². The Hall–Kier alpha value is -1.28. The fourth-order valence-electron chi connectivity index (χ4n) is 0.867. The summed E-state index contributed by atoms with van der Waals surface area (Å²) in [5.74, 6) is -8.04. The maximum absolute atomic E-state index is 13.3. The van der Waals surface area contributed by atoms with Crippen LogP contribution < -0.4 is 0 Å². The van der Waals surface area contributed by atoms with Gasteiger partial charge in [-0.15, -0.1) is 0 Å². The van der Waals surface area contributed by atoms with E-state index in [-0.39, 0.29) is 0 Å². The molecule has 14 heteroatoms. The number of allylic oxidation sites excluding steroid dienone is 2. The lowest BCUT2D eigenvalue weighted by atomic mass is 10.3. The highest BCUT2D eigenvalue weighted by Crippen LogP contribution is 2.51. The Balaban J connectivity index is 6.18. The molecule has 0 unspecified atom stereocenters. The first-order chi connectivity index (χ1) is 9.49. The van der Waals surface area contributed by atoms with Crippen molar-refractivity contribution in [2.75, 3.05) is 0 Å². The average Bonchev–Trinajstić information content (AvgIpc) is 2.33. The molecule has 1 N–H and O–H groups in total. The number of hydrogen-bond donors (Lipinski definition) is 1. The van der Waals surface area contributed by atoms with Gasteiger partial charge in [-0.25, -0.2) is 0 Å². The fraction of sp³-hybridized carbons (Fsp3) is 0.500. The van der Waals surface area contributed by atoms with E-state index < -0.39 is 42.4 Å². The summed E-state index contributed by atoms with van der Waals surface area (Å²) in [6, 6.07) is 0. The topological polar surface area (TPSA) is 97.7 Å². The van der Waals surface area contributed by atoms with Gasteiger partial charge in [-0.2, -0.15) is 43.2 Å². The van der Waals surface area contributed by atoms with Crippen LogP contribution in [0.4, 0.5) is 26.3 Å². The van der Waals surface area contributed by atoms with Gasteiger partial charge in [-0.3, -0.25) is 4.55 Å². The van der Waals surface area contributed by atoms with E-state index in [2.05, 4.69) is 10.8 Å². The highest BCUT2D eigenvalue weighted by Gasteiger charge is 2.83. The second kappa shape index (κ2) is 5.73. The largest absolute Gasteiger partial charge is 0.450 e. The first-order valence-electron chi connectivity index (χ1n) is 4.83. The van der Waals surface area contributed by atoms with Crippen molar-refractivity contribution < 1.29 is 51.9 Å². The third kappa shape index (κ3) is 3.08. The molecule has 0 fully saturated rings. The Morgan fingerprint density at radius 3 is 1.73 bits per heavy atom. The van der Waals surface area contributed by atoms with E-state index >= 15 is 0 Å². The molecule has 0 saturated heterocycles. The number of alkyl halides is 6. The molecular weight excluding hydrogens is 370 g/mol. The van der Waals surface area contributed by atoms with Crippen molar-refractivity contribution in [2.24, 2.45) is 0 Å². The molecule has 0 aliphatic rings. The van der Waals surface area contributed by atoms with Crippen LogP contribution in [0, 0.1) is 0 Å². The van der Waals surface area contributed by atoms with E-state index in [1.807, 2.05) is 0 Å². The van der Waals surface area contributed by atoms with Crippen LogP contribution in [-0.4, -0.2) is 37.8 Å². The quantitative estimate of drug-likeness (QED) is 0.240. The first-order valence-corrected chi connectivity index (χ1v) is 7.67. The summed E-state index contributed by atoms with van der Waals surface area (Å²) in [6.45, 7) is 3.88. The van der Waals surface area contributed by atoms with Crippen molar-refractivity contribution in [2.45, 2.75) is 23.4 Å². The van der Waals surface area contributed by atoms with E-state index in [4.69, 9.17) is 4.55 Å². The molecule has 0 aromatic rings. The predicted molar refractivity (Wildman–Crippen MR) is 60.3 cm³/mol. The molecular formula is C8H8F6O6S2. The van der Waals surface area contributed by atoms with Crippen LogP contribution in [0.1, 0.15) is 6.92 Å². The Morgan fingerprint density at radius 2 is 1.45 bits per heavy atom. The number of halogens is 6. The molecule has 0 aliphatic carbocycles. The highest BCUT2D eigenvalue weighted by atomic mass is 32.2. The third-order valence-electron chi connectivity index (χ3n) is 2.06. The Labute approximate surface area is 120 Å². The van der Waals surface area contributed by atoms with Crippen LogP contribution in [0.3, 0.4) is 0 Å². The van der Waals surface area contributed by atoms with Gasteiger partial charge >= 0.3 is 36.7 Å². The summed E-state index contributed by atoms with van der Waals surface area (Å²) in [4.78, 5) is 0. The SMILES string of the molecule is C=C/C(=C\C)OS(=O)(=O)C(F)(F)C(F)(F)C(F)(F)S(=O)(=O)O. The van der Waals surface area contributed by atoms with Gasteiger partial charge < -0.3 is 4.18 Å². The molecule has 0 aliphatic heterocycles. The average molecular weight is 378 g/mol. The van der Waals surface area contributed by atoms with Gasteiger partial charge in [0.25, 0.3) is 0 Å². The van der Waals surface area contributed by atoms with Crippen molar-refractivity contribution in [3.8, 4) is 0 Å². The van der Waals surface area contributed by atoms with Crippen molar-refractivity contribution in [3.05, 3.63) is 24.5 Å². The van der Waals surface area contributed by atoms with Crippen molar-refractivity contribution in [3.63, 3.8) is 0 Å². The lowest BCUT2D eigenvalue weighted by Gasteiger charge is -2.29. The first kappa shape index (κ1) is 20.7. The molecule has 0 aromatic heterocycles. The summed E-state index contributed by atoms with van der Waals surface area (Å²) in [7, 11) is -13.8. The normalized spacial score (nSPS) is 15.5. The second-order valence-corrected chi connectivity index (χ2v) is 6.57. The van der Waals surface area contributed by atoms with E-state index in [0.29, 0.717) is 12.2 Å². The molecule has 22 heavy (non-hydrogen) atoms. The van der Waals surface area contributed by atoms with Crippen LogP contribution in [-0.2, 0) is 24.4 Å². The summed E-state index contributed by atoms with van der Waals surface area (Å²) in [6.07, 6.45) is 1.15.